The van der Waals surface area contributed by atoms with Crippen LogP contribution in [0.4, 0.5) is 0 Å². The number of piperazine rings is 1. The Morgan fingerprint density at radius 1 is 1.18 bits per heavy atom. The van der Waals surface area contributed by atoms with Gasteiger partial charge in [-0.25, -0.2) is 0 Å². The predicted molar refractivity (Wildman–Crippen MR) is 70.1 cm³/mol. The van der Waals surface area contributed by atoms with E-state index in [-0.39, 0.29) is 11.0 Å². The minimum atomic E-state index is -0.0218. The zero-order valence-corrected chi connectivity index (χ0v) is 11.5. The molecule has 2 aliphatic rings. The van der Waals surface area contributed by atoms with Crippen molar-refractivity contribution < 1.29 is 4.79 Å². The first kappa shape index (κ1) is 13.0. The molecular formula is C14H26N2O. The van der Waals surface area contributed by atoms with E-state index in [9.17, 15) is 4.79 Å². The highest BCUT2D eigenvalue weighted by molar-refractivity contribution is 5.60. The summed E-state index contributed by atoms with van der Waals surface area (Å²) in [5.74, 6) is 0. The maximum absolute atomic E-state index is 11.4. The summed E-state index contributed by atoms with van der Waals surface area (Å²) in [6, 6.07) is 0. The van der Waals surface area contributed by atoms with Gasteiger partial charge in [0.05, 0.1) is 0 Å². The molecule has 0 spiro atoms. The fraction of sp³-hybridized carbons (Fsp3) is 0.929. The van der Waals surface area contributed by atoms with Crippen LogP contribution in [0.5, 0.6) is 0 Å². The quantitative estimate of drug-likeness (QED) is 0.700. The summed E-state index contributed by atoms with van der Waals surface area (Å²) in [5, 5.41) is 0. The molecular weight excluding hydrogens is 212 g/mol. The number of aldehydes is 1. The van der Waals surface area contributed by atoms with Crippen LogP contribution < -0.4 is 0 Å². The van der Waals surface area contributed by atoms with Gasteiger partial charge in [0, 0.05) is 37.1 Å². The van der Waals surface area contributed by atoms with E-state index in [2.05, 4.69) is 30.7 Å². The van der Waals surface area contributed by atoms with Crippen molar-refractivity contribution in [2.24, 2.45) is 5.41 Å². The van der Waals surface area contributed by atoms with Crippen molar-refractivity contribution in [2.75, 3.05) is 33.2 Å². The predicted octanol–water partition coefficient (Wildman–Crippen LogP) is 1.77. The minimum absolute atomic E-state index is 0.0218. The van der Waals surface area contributed by atoms with E-state index in [1.54, 1.807) is 0 Å². The Balaban J connectivity index is 1.97. The van der Waals surface area contributed by atoms with Crippen LogP contribution in [0.1, 0.15) is 39.5 Å². The molecule has 0 aromatic carbocycles. The van der Waals surface area contributed by atoms with E-state index in [4.69, 9.17) is 0 Å². The monoisotopic (exact) mass is 238 g/mol. The Morgan fingerprint density at radius 2 is 1.82 bits per heavy atom. The van der Waals surface area contributed by atoms with Gasteiger partial charge < -0.3 is 4.79 Å². The Morgan fingerprint density at radius 3 is 2.35 bits per heavy atom. The molecule has 0 radical (unpaired) electrons. The van der Waals surface area contributed by atoms with Gasteiger partial charge in [-0.3, -0.25) is 9.80 Å². The van der Waals surface area contributed by atoms with Gasteiger partial charge in [-0.2, -0.15) is 0 Å². The molecule has 0 bridgehead atoms. The summed E-state index contributed by atoms with van der Waals surface area (Å²) in [4.78, 5) is 16.3. The number of likely N-dealkylation sites (N-methyl/N-ethyl adjacent to an activating group) is 1. The average molecular weight is 238 g/mol. The molecule has 0 unspecified atom stereocenters. The van der Waals surface area contributed by atoms with Crippen LogP contribution in [0, 0.1) is 5.41 Å². The first-order chi connectivity index (χ1) is 7.97. The number of hydrogen-bond acceptors (Lipinski definition) is 3. The van der Waals surface area contributed by atoms with Gasteiger partial charge in [0.25, 0.3) is 0 Å². The fourth-order valence-corrected chi connectivity index (χ4v) is 3.31. The van der Waals surface area contributed by atoms with Crippen LogP contribution in [0.25, 0.3) is 0 Å². The second-order valence-electron chi connectivity index (χ2n) is 6.63. The largest absolute Gasteiger partial charge is 0.303 e. The van der Waals surface area contributed by atoms with Crippen molar-refractivity contribution in [3.05, 3.63) is 0 Å². The fourth-order valence-electron chi connectivity index (χ4n) is 3.31. The highest BCUT2D eigenvalue weighted by Gasteiger charge is 2.38. The minimum Gasteiger partial charge on any atom is -0.303 e. The van der Waals surface area contributed by atoms with Gasteiger partial charge in [-0.15, -0.1) is 0 Å². The number of carbonyl (C=O) groups excluding carboxylic acids is 1. The smallest absolute Gasteiger partial charge is 0.127 e. The van der Waals surface area contributed by atoms with E-state index in [1.165, 1.54) is 19.1 Å². The summed E-state index contributed by atoms with van der Waals surface area (Å²) in [5.41, 5.74) is 0.215. The van der Waals surface area contributed by atoms with Crippen LogP contribution >= 0.6 is 0 Å². The van der Waals surface area contributed by atoms with Crippen molar-refractivity contribution in [3.63, 3.8) is 0 Å². The lowest BCUT2D eigenvalue weighted by Gasteiger charge is -2.47. The standard InChI is InChI=1S/C14H26N2O/c1-13(2)10-16(9-8-15(13)3)11-14(12-17)6-4-5-7-14/h12H,4-11H2,1-3H3. The topological polar surface area (TPSA) is 23.6 Å². The lowest BCUT2D eigenvalue weighted by atomic mass is 9.86. The van der Waals surface area contributed by atoms with Crippen molar-refractivity contribution in [1.82, 2.24) is 9.80 Å². The highest BCUT2D eigenvalue weighted by Crippen LogP contribution is 2.37. The maximum atomic E-state index is 11.4. The normalized spacial score (nSPS) is 29.4. The van der Waals surface area contributed by atoms with Crippen LogP contribution in [-0.2, 0) is 4.79 Å². The second kappa shape index (κ2) is 4.69. The van der Waals surface area contributed by atoms with Gasteiger partial charge in [0.1, 0.15) is 6.29 Å². The lowest BCUT2D eigenvalue weighted by Crippen LogP contribution is -2.59. The first-order valence-electron chi connectivity index (χ1n) is 6.87. The van der Waals surface area contributed by atoms with E-state index < -0.39 is 0 Å². The third kappa shape index (κ3) is 2.71. The summed E-state index contributed by atoms with van der Waals surface area (Å²) in [6.45, 7) is 8.87. The number of rotatable bonds is 3. The summed E-state index contributed by atoms with van der Waals surface area (Å²) >= 11 is 0. The third-order valence-electron chi connectivity index (χ3n) is 4.78. The maximum Gasteiger partial charge on any atom is 0.127 e. The van der Waals surface area contributed by atoms with Crippen molar-refractivity contribution in [2.45, 2.75) is 45.1 Å². The molecule has 1 saturated carbocycles. The van der Waals surface area contributed by atoms with E-state index in [0.717, 1.165) is 39.0 Å². The summed E-state index contributed by atoms with van der Waals surface area (Å²) < 4.78 is 0. The Bertz CT molecular complexity index is 282. The molecule has 1 aliphatic carbocycles. The molecule has 1 heterocycles. The second-order valence-corrected chi connectivity index (χ2v) is 6.63. The molecule has 3 heteroatoms. The Hall–Kier alpha value is -0.410. The molecule has 1 saturated heterocycles. The molecule has 17 heavy (non-hydrogen) atoms. The zero-order chi connectivity index (χ0) is 12.5. The van der Waals surface area contributed by atoms with Gasteiger partial charge in [-0.05, 0) is 33.7 Å². The molecule has 98 valence electrons. The molecule has 0 amide bonds. The number of hydrogen-bond donors (Lipinski definition) is 0. The number of nitrogens with zero attached hydrogens (tertiary/aromatic N) is 2. The Labute approximate surface area is 105 Å². The third-order valence-corrected chi connectivity index (χ3v) is 4.78. The Kier molecular flexibility index (Phi) is 3.60. The molecule has 0 N–H and O–H groups in total. The van der Waals surface area contributed by atoms with Crippen LogP contribution in [0.15, 0.2) is 0 Å². The molecule has 3 nitrogen and oxygen atoms in total. The van der Waals surface area contributed by atoms with Crippen molar-refractivity contribution in [3.8, 4) is 0 Å². The van der Waals surface area contributed by atoms with E-state index >= 15 is 0 Å². The molecule has 2 rings (SSSR count). The van der Waals surface area contributed by atoms with Crippen LogP contribution in [-0.4, -0.2) is 54.9 Å². The van der Waals surface area contributed by atoms with E-state index in [1.807, 2.05) is 0 Å². The highest BCUT2D eigenvalue weighted by atomic mass is 16.1. The lowest BCUT2D eigenvalue weighted by molar-refractivity contribution is -0.117. The van der Waals surface area contributed by atoms with E-state index in [0.29, 0.717) is 0 Å². The van der Waals surface area contributed by atoms with Crippen LogP contribution in [0.3, 0.4) is 0 Å². The first-order valence-corrected chi connectivity index (χ1v) is 6.87. The molecule has 0 aromatic rings. The van der Waals surface area contributed by atoms with Gasteiger partial charge in [0.2, 0.25) is 0 Å². The molecule has 0 atom stereocenters. The van der Waals surface area contributed by atoms with Gasteiger partial charge in [0.15, 0.2) is 0 Å². The van der Waals surface area contributed by atoms with Crippen LogP contribution in [0.2, 0.25) is 0 Å². The number of carbonyl (C=O) groups is 1. The van der Waals surface area contributed by atoms with Crippen molar-refractivity contribution in [1.29, 1.82) is 0 Å². The molecule has 1 aliphatic heterocycles. The SMILES string of the molecule is CN1CCN(CC2(C=O)CCCC2)CC1(C)C. The summed E-state index contributed by atoms with van der Waals surface area (Å²) in [7, 11) is 2.20. The summed E-state index contributed by atoms with van der Waals surface area (Å²) in [6.07, 6.45) is 5.91. The average Bonchev–Trinajstić information content (AvgIpc) is 2.72. The molecule has 2 fully saturated rings. The molecule has 0 aromatic heterocycles. The zero-order valence-electron chi connectivity index (χ0n) is 11.5. The van der Waals surface area contributed by atoms with Gasteiger partial charge >= 0.3 is 0 Å². The van der Waals surface area contributed by atoms with Gasteiger partial charge in [-0.1, -0.05) is 12.8 Å². The van der Waals surface area contributed by atoms with Crippen molar-refractivity contribution >= 4 is 6.29 Å².